The monoisotopic (exact) mass is 594 g/mol. The summed E-state index contributed by atoms with van der Waals surface area (Å²) < 4.78 is 43.4. The number of anilines is 2. The van der Waals surface area contributed by atoms with Crippen molar-refractivity contribution in [1.29, 1.82) is 0 Å². The van der Waals surface area contributed by atoms with Crippen molar-refractivity contribution in [1.82, 2.24) is 4.98 Å². The maximum Gasteiger partial charge on any atom is 0.573 e. The molecule has 0 bridgehead atoms. The highest BCUT2D eigenvalue weighted by molar-refractivity contribution is 9.10. The Hall–Kier alpha value is -1.94. The van der Waals surface area contributed by atoms with Crippen LogP contribution in [-0.4, -0.2) is 18.4 Å². The standard InChI is InChI=1S/C24H26BrF3N4O.2ClH/c1-31-21-17-4-2-3-5-18(17)32-22(29)20(21)23(30)10-8-14(9-11-23)12-15-6-7-16(25)13-19(15)33-24(26,27)28;;/h2-7,13-14H,8-12,30H2,1H3,(H3,29,31,32);2*1H. The summed E-state index contributed by atoms with van der Waals surface area (Å²) in [5.41, 5.74) is 15.6. The number of para-hydroxylation sites is 1. The van der Waals surface area contributed by atoms with Crippen LogP contribution in [0.5, 0.6) is 5.75 Å². The number of nitrogens with two attached hydrogens (primary N) is 2. The lowest BCUT2D eigenvalue weighted by Gasteiger charge is -2.39. The van der Waals surface area contributed by atoms with Gasteiger partial charge in [-0.05, 0) is 61.8 Å². The number of nitrogens with one attached hydrogen (secondary N) is 1. The van der Waals surface area contributed by atoms with Gasteiger partial charge in [0.2, 0.25) is 0 Å². The van der Waals surface area contributed by atoms with Crippen LogP contribution < -0.4 is 21.5 Å². The quantitative estimate of drug-likeness (QED) is 0.297. The first-order valence-electron chi connectivity index (χ1n) is 10.8. The van der Waals surface area contributed by atoms with Gasteiger partial charge in [-0.1, -0.05) is 40.2 Å². The van der Waals surface area contributed by atoms with E-state index in [9.17, 15) is 13.2 Å². The molecule has 1 saturated carbocycles. The molecule has 1 heterocycles. The second kappa shape index (κ2) is 11.4. The predicted molar refractivity (Wildman–Crippen MR) is 143 cm³/mol. The topological polar surface area (TPSA) is 86.2 Å². The summed E-state index contributed by atoms with van der Waals surface area (Å²) in [4.78, 5) is 4.58. The Kier molecular flexibility index (Phi) is 9.55. The number of nitrogen functional groups attached to an aromatic ring is 1. The van der Waals surface area contributed by atoms with Gasteiger partial charge in [0.1, 0.15) is 11.6 Å². The van der Waals surface area contributed by atoms with E-state index in [4.69, 9.17) is 11.5 Å². The van der Waals surface area contributed by atoms with Crippen molar-refractivity contribution in [2.45, 2.75) is 44.0 Å². The van der Waals surface area contributed by atoms with Crippen LogP contribution in [0.3, 0.4) is 0 Å². The Morgan fingerprint density at radius 3 is 2.43 bits per heavy atom. The van der Waals surface area contributed by atoms with E-state index in [2.05, 4.69) is 31.0 Å². The molecule has 1 aliphatic carbocycles. The molecule has 5 N–H and O–H groups in total. The van der Waals surface area contributed by atoms with E-state index in [0.29, 0.717) is 35.1 Å². The Labute approximate surface area is 223 Å². The third-order valence-electron chi connectivity index (χ3n) is 6.43. The summed E-state index contributed by atoms with van der Waals surface area (Å²) in [6.07, 6.45) is -1.43. The first-order chi connectivity index (χ1) is 15.6. The molecule has 0 radical (unpaired) electrons. The molecule has 0 amide bonds. The van der Waals surface area contributed by atoms with Gasteiger partial charge < -0.3 is 21.5 Å². The maximum absolute atomic E-state index is 12.9. The number of hydrogen-bond acceptors (Lipinski definition) is 5. The lowest BCUT2D eigenvalue weighted by molar-refractivity contribution is -0.275. The summed E-state index contributed by atoms with van der Waals surface area (Å²) in [6.45, 7) is 0. The van der Waals surface area contributed by atoms with Gasteiger partial charge in [0.05, 0.1) is 11.2 Å². The molecule has 192 valence electrons. The molecule has 0 aliphatic heterocycles. The minimum Gasteiger partial charge on any atom is -0.405 e. The number of pyridine rings is 1. The van der Waals surface area contributed by atoms with Crippen molar-refractivity contribution >= 4 is 63.2 Å². The van der Waals surface area contributed by atoms with E-state index in [0.717, 1.165) is 35.0 Å². The van der Waals surface area contributed by atoms with Gasteiger partial charge in [-0.25, -0.2) is 4.98 Å². The van der Waals surface area contributed by atoms with Gasteiger partial charge in [-0.3, -0.25) is 0 Å². The Balaban J connectivity index is 0.00000216. The lowest BCUT2D eigenvalue weighted by Crippen LogP contribution is -2.42. The van der Waals surface area contributed by atoms with Gasteiger partial charge >= 0.3 is 6.36 Å². The molecule has 4 rings (SSSR count). The molecule has 2 aromatic carbocycles. The molecule has 5 nitrogen and oxygen atoms in total. The second-order valence-electron chi connectivity index (χ2n) is 8.62. The smallest absolute Gasteiger partial charge is 0.405 e. The van der Waals surface area contributed by atoms with Crippen LogP contribution in [0, 0.1) is 5.92 Å². The van der Waals surface area contributed by atoms with E-state index >= 15 is 0 Å². The molecule has 0 atom stereocenters. The zero-order valence-electron chi connectivity index (χ0n) is 19.0. The van der Waals surface area contributed by atoms with Crippen molar-refractivity contribution in [2.24, 2.45) is 11.7 Å². The first kappa shape index (κ1) is 29.3. The highest BCUT2D eigenvalue weighted by Crippen LogP contribution is 2.45. The van der Waals surface area contributed by atoms with Crippen molar-refractivity contribution in [3.8, 4) is 5.75 Å². The van der Waals surface area contributed by atoms with Crippen LogP contribution in [0.1, 0.15) is 36.8 Å². The molecule has 1 aromatic heterocycles. The number of hydrogen-bond donors (Lipinski definition) is 3. The number of alkyl halides is 3. The minimum atomic E-state index is -4.74. The molecular weight excluding hydrogens is 568 g/mol. The van der Waals surface area contributed by atoms with Gasteiger partial charge in [0.25, 0.3) is 0 Å². The van der Waals surface area contributed by atoms with Crippen molar-refractivity contribution in [3.63, 3.8) is 0 Å². The third kappa shape index (κ3) is 6.44. The fourth-order valence-corrected chi connectivity index (χ4v) is 5.21. The molecule has 0 unspecified atom stereocenters. The Morgan fingerprint density at radius 2 is 1.80 bits per heavy atom. The zero-order valence-corrected chi connectivity index (χ0v) is 22.2. The van der Waals surface area contributed by atoms with Gasteiger partial charge in [0.15, 0.2) is 0 Å². The Morgan fingerprint density at radius 1 is 1.14 bits per heavy atom. The van der Waals surface area contributed by atoms with E-state index in [1.165, 1.54) is 6.07 Å². The highest BCUT2D eigenvalue weighted by Gasteiger charge is 2.38. The van der Waals surface area contributed by atoms with Gasteiger partial charge in [-0.15, -0.1) is 38.0 Å². The van der Waals surface area contributed by atoms with Gasteiger partial charge in [0, 0.05) is 28.0 Å². The molecule has 3 aromatic rings. The van der Waals surface area contributed by atoms with E-state index in [1.54, 1.807) is 12.1 Å². The summed E-state index contributed by atoms with van der Waals surface area (Å²) in [5.74, 6) is 0.431. The number of benzene rings is 2. The summed E-state index contributed by atoms with van der Waals surface area (Å²) in [5, 5.41) is 4.22. The number of ether oxygens (including phenoxy) is 1. The van der Waals surface area contributed by atoms with E-state index in [1.807, 2.05) is 31.3 Å². The molecule has 35 heavy (non-hydrogen) atoms. The van der Waals surface area contributed by atoms with Crippen molar-refractivity contribution < 1.29 is 17.9 Å². The zero-order chi connectivity index (χ0) is 23.8. The van der Waals surface area contributed by atoms with Gasteiger partial charge in [-0.2, -0.15) is 0 Å². The molecule has 0 saturated heterocycles. The summed E-state index contributed by atoms with van der Waals surface area (Å²) in [6, 6.07) is 12.5. The fourth-order valence-electron chi connectivity index (χ4n) is 4.87. The van der Waals surface area contributed by atoms with E-state index < -0.39 is 11.9 Å². The maximum atomic E-state index is 12.9. The average Bonchev–Trinajstić information content (AvgIpc) is 2.75. The van der Waals surface area contributed by atoms with Crippen molar-refractivity contribution in [3.05, 3.63) is 58.1 Å². The van der Waals surface area contributed by atoms with Crippen LogP contribution in [-0.2, 0) is 12.0 Å². The molecular formula is C24H28BrCl2F3N4O. The number of aromatic nitrogens is 1. The number of fused-ring (bicyclic) bond motifs is 1. The van der Waals surface area contributed by atoms with Crippen LogP contribution in [0.4, 0.5) is 24.7 Å². The summed E-state index contributed by atoms with van der Waals surface area (Å²) >= 11 is 3.22. The number of nitrogens with zero attached hydrogens (tertiary/aromatic N) is 1. The fraction of sp³-hybridized carbons (Fsp3) is 0.375. The first-order valence-corrected chi connectivity index (χ1v) is 11.6. The largest absolute Gasteiger partial charge is 0.573 e. The highest BCUT2D eigenvalue weighted by atomic mass is 79.9. The third-order valence-corrected chi connectivity index (χ3v) is 6.92. The van der Waals surface area contributed by atoms with Crippen LogP contribution >= 0.6 is 40.7 Å². The summed E-state index contributed by atoms with van der Waals surface area (Å²) in [7, 11) is 1.84. The average molecular weight is 596 g/mol. The molecule has 1 aliphatic rings. The van der Waals surface area contributed by atoms with Crippen LogP contribution in [0.25, 0.3) is 10.9 Å². The second-order valence-corrected chi connectivity index (χ2v) is 9.53. The predicted octanol–water partition coefficient (Wildman–Crippen LogP) is 6.95. The van der Waals surface area contributed by atoms with Crippen LogP contribution in [0.2, 0.25) is 0 Å². The number of rotatable bonds is 5. The van der Waals surface area contributed by atoms with Crippen molar-refractivity contribution in [2.75, 3.05) is 18.1 Å². The lowest BCUT2D eigenvalue weighted by atomic mass is 9.71. The van der Waals surface area contributed by atoms with E-state index in [-0.39, 0.29) is 36.5 Å². The molecule has 11 heteroatoms. The minimum absolute atomic E-state index is 0. The van der Waals surface area contributed by atoms with Crippen LogP contribution in [0.15, 0.2) is 46.9 Å². The molecule has 1 fully saturated rings. The SMILES string of the molecule is CNc1c(C2(N)CCC(Cc3ccc(Br)cc3OC(F)(F)F)CC2)c(N)nc2ccccc12.Cl.Cl. The normalized spacial score (nSPS) is 20.0. The number of halogens is 6. The Bertz CT molecular complexity index is 1170. The molecule has 0 spiro atoms.